The van der Waals surface area contributed by atoms with Gasteiger partial charge in [0, 0.05) is 0 Å². The normalized spacial score (nSPS) is 11.8. The lowest BCUT2D eigenvalue weighted by atomic mass is 10.3. The SMILES string of the molecule is CO/C(C)=C(\C)C#N. The number of rotatable bonds is 1. The maximum absolute atomic E-state index is 8.25. The van der Waals surface area contributed by atoms with Gasteiger partial charge in [0.15, 0.2) is 0 Å². The van der Waals surface area contributed by atoms with Crippen LogP contribution in [0.4, 0.5) is 0 Å². The van der Waals surface area contributed by atoms with E-state index >= 15 is 0 Å². The van der Waals surface area contributed by atoms with E-state index in [1.807, 2.05) is 6.07 Å². The van der Waals surface area contributed by atoms with Crippen molar-refractivity contribution in [1.29, 1.82) is 5.26 Å². The summed E-state index contributed by atoms with van der Waals surface area (Å²) in [5.74, 6) is 0.688. The predicted molar refractivity (Wildman–Crippen MR) is 31.0 cm³/mol. The van der Waals surface area contributed by atoms with Gasteiger partial charge in [-0.2, -0.15) is 5.26 Å². The van der Waals surface area contributed by atoms with Crippen molar-refractivity contribution in [2.45, 2.75) is 13.8 Å². The maximum atomic E-state index is 8.25. The predicted octanol–water partition coefficient (Wildman–Crippen LogP) is 1.45. The molecule has 44 valence electrons. The highest BCUT2D eigenvalue weighted by molar-refractivity contribution is 5.20. The van der Waals surface area contributed by atoms with Gasteiger partial charge in [0.2, 0.25) is 0 Å². The van der Waals surface area contributed by atoms with Crippen molar-refractivity contribution in [2.24, 2.45) is 0 Å². The molecule has 0 aromatic rings. The summed E-state index contributed by atoms with van der Waals surface area (Å²) >= 11 is 0. The van der Waals surface area contributed by atoms with Gasteiger partial charge in [-0.25, -0.2) is 0 Å². The van der Waals surface area contributed by atoms with E-state index in [0.29, 0.717) is 11.3 Å². The monoisotopic (exact) mass is 111 g/mol. The summed E-state index contributed by atoms with van der Waals surface area (Å²) in [6.07, 6.45) is 0. The minimum absolute atomic E-state index is 0.632. The van der Waals surface area contributed by atoms with Crippen LogP contribution >= 0.6 is 0 Å². The first-order valence-electron chi connectivity index (χ1n) is 2.34. The maximum Gasteiger partial charge on any atom is 0.106 e. The molecule has 0 radical (unpaired) electrons. The smallest absolute Gasteiger partial charge is 0.106 e. The van der Waals surface area contributed by atoms with Gasteiger partial charge in [-0.15, -0.1) is 0 Å². The first-order valence-corrected chi connectivity index (χ1v) is 2.34. The quantitative estimate of drug-likeness (QED) is 0.379. The summed E-state index contributed by atoms with van der Waals surface area (Å²) in [5, 5.41) is 8.25. The minimum Gasteiger partial charge on any atom is -0.500 e. The molecule has 0 aliphatic heterocycles. The Hall–Kier alpha value is -0.970. The lowest BCUT2D eigenvalue weighted by Gasteiger charge is -1.96. The van der Waals surface area contributed by atoms with E-state index in [2.05, 4.69) is 0 Å². The molecule has 0 fully saturated rings. The lowest BCUT2D eigenvalue weighted by Crippen LogP contribution is -1.82. The van der Waals surface area contributed by atoms with Crippen LogP contribution in [0.1, 0.15) is 13.8 Å². The molecule has 2 nitrogen and oxygen atoms in total. The summed E-state index contributed by atoms with van der Waals surface area (Å²) in [5.41, 5.74) is 0.632. The number of ether oxygens (including phenoxy) is 1. The summed E-state index contributed by atoms with van der Waals surface area (Å²) in [6, 6.07) is 1.97. The van der Waals surface area contributed by atoms with Gasteiger partial charge in [-0.3, -0.25) is 0 Å². The zero-order valence-corrected chi connectivity index (χ0v) is 5.36. The number of allylic oxidation sites excluding steroid dienone is 2. The van der Waals surface area contributed by atoms with E-state index in [1.165, 1.54) is 0 Å². The molecule has 0 bridgehead atoms. The number of methoxy groups -OCH3 is 1. The molecule has 0 atom stereocenters. The van der Waals surface area contributed by atoms with Crippen LogP contribution in [0.25, 0.3) is 0 Å². The Morgan fingerprint density at radius 1 is 1.50 bits per heavy atom. The van der Waals surface area contributed by atoms with Gasteiger partial charge in [0.1, 0.15) is 5.76 Å². The molecule has 0 amide bonds. The molecule has 0 spiro atoms. The molecule has 0 aromatic heterocycles. The fourth-order valence-electron chi connectivity index (χ4n) is 0.232. The Balaban J connectivity index is 4.10. The third-order valence-corrected chi connectivity index (χ3v) is 1.00. The molecule has 0 rings (SSSR count). The van der Waals surface area contributed by atoms with Crippen molar-refractivity contribution in [3.8, 4) is 6.07 Å². The molecule has 0 unspecified atom stereocenters. The van der Waals surface area contributed by atoms with Crippen LogP contribution in [0.2, 0.25) is 0 Å². The number of nitriles is 1. The van der Waals surface area contributed by atoms with Crippen molar-refractivity contribution in [3.05, 3.63) is 11.3 Å². The van der Waals surface area contributed by atoms with E-state index in [0.717, 1.165) is 0 Å². The van der Waals surface area contributed by atoms with Crippen LogP contribution in [-0.4, -0.2) is 7.11 Å². The molecular formula is C6H9NO. The Kier molecular flexibility index (Phi) is 2.71. The van der Waals surface area contributed by atoms with Gasteiger partial charge in [0.25, 0.3) is 0 Å². The van der Waals surface area contributed by atoms with E-state index < -0.39 is 0 Å². The Bertz CT molecular complexity index is 141. The Labute approximate surface area is 49.4 Å². The second kappa shape index (κ2) is 3.09. The fraction of sp³-hybridized carbons (Fsp3) is 0.500. The van der Waals surface area contributed by atoms with Crippen LogP contribution in [0.5, 0.6) is 0 Å². The molecule has 0 heterocycles. The summed E-state index contributed by atoms with van der Waals surface area (Å²) < 4.78 is 4.76. The molecule has 2 heteroatoms. The zero-order chi connectivity index (χ0) is 6.57. The van der Waals surface area contributed by atoms with Crippen molar-refractivity contribution in [2.75, 3.05) is 7.11 Å². The standard InChI is InChI=1S/C6H9NO/c1-5(4-7)6(2)8-3/h1-3H3/b6-5+. The number of nitrogens with zero attached hydrogens (tertiary/aromatic N) is 1. The first-order chi connectivity index (χ1) is 3.72. The second-order valence-corrected chi connectivity index (χ2v) is 1.50. The minimum atomic E-state index is 0.632. The fourth-order valence-corrected chi connectivity index (χ4v) is 0.232. The third-order valence-electron chi connectivity index (χ3n) is 1.00. The van der Waals surface area contributed by atoms with Gasteiger partial charge in [0.05, 0.1) is 18.8 Å². The van der Waals surface area contributed by atoms with Gasteiger partial charge in [-0.1, -0.05) is 0 Å². The van der Waals surface area contributed by atoms with Crippen molar-refractivity contribution in [3.63, 3.8) is 0 Å². The van der Waals surface area contributed by atoms with Crippen molar-refractivity contribution >= 4 is 0 Å². The largest absolute Gasteiger partial charge is 0.500 e. The van der Waals surface area contributed by atoms with Crippen LogP contribution in [0.15, 0.2) is 11.3 Å². The van der Waals surface area contributed by atoms with Crippen LogP contribution in [-0.2, 0) is 4.74 Å². The van der Waals surface area contributed by atoms with Crippen molar-refractivity contribution < 1.29 is 4.74 Å². The molecule has 0 saturated heterocycles. The van der Waals surface area contributed by atoms with Gasteiger partial charge >= 0.3 is 0 Å². The number of hydrogen-bond donors (Lipinski definition) is 0. The lowest BCUT2D eigenvalue weighted by molar-refractivity contribution is 0.290. The van der Waals surface area contributed by atoms with Crippen LogP contribution < -0.4 is 0 Å². The zero-order valence-electron chi connectivity index (χ0n) is 5.36. The van der Waals surface area contributed by atoms with Crippen LogP contribution in [0.3, 0.4) is 0 Å². The highest BCUT2D eigenvalue weighted by atomic mass is 16.5. The average molecular weight is 111 g/mol. The summed E-state index contributed by atoms with van der Waals surface area (Å²) in [7, 11) is 1.55. The first kappa shape index (κ1) is 7.03. The molecule has 0 N–H and O–H groups in total. The highest BCUT2D eigenvalue weighted by Crippen LogP contribution is 1.99. The molecule has 0 aliphatic rings. The summed E-state index contributed by atoms with van der Waals surface area (Å²) in [6.45, 7) is 3.48. The third kappa shape index (κ3) is 1.65. The Morgan fingerprint density at radius 2 is 2.00 bits per heavy atom. The molecule has 0 aromatic carbocycles. The summed E-state index contributed by atoms with van der Waals surface area (Å²) in [4.78, 5) is 0. The molecule has 0 saturated carbocycles. The van der Waals surface area contributed by atoms with E-state index in [1.54, 1.807) is 21.0 Å². The Morgan fingerprint density at radius 3 is 2.12 bits per heavy atom. The highest BCUT2D eigenvalue weighted by Gasteiger charge is 1.90. The topological polar surface area (TPSA) is 33.0 Å². The van der Waals surface area contributed by atoms with E-state index in [9.17, 15) is 0 Å². The van der Waals surface area contributed by atoms with E-state index in [4.69, 9.17) is 10.00 Å². The van der Waals surface area contributed by atoms with Gasteiger partial charge in [-0.05, 0) is 13.8 Å². The number of hydrogen-bond acceptors (Lipinski definition) is 2. The average Bonchev–Trinajstić information content (AvgIpc) is 1.84. The van der Waals surface area contributed by atoms with Gasteiger partial charge < -0.3 is 4.74 Å². The second-order valence-electron chi connectivity index (χ2n) is 1.50. The van der Waals surface area contributed by atoms with Crippen LogP contribution in [0, 0.1) is 11.3 Å². The molecule has 0 aliphatic carbocycles. The van der Waals surface area contributed by atoms with Crippen molar-refractivity contribution in [1.82, 2.24) is 0 Å². The molecular weight excluding hydrogens is 102 g/mol. The van der Waals surface area contributed by atoms with E-state index in [-0.39, 0.29) is 0 Å². The molecule has 8 heavy (non-hydrogen) atoms.